The first-order chi connectivity index (χ1) is 13.5. The van der Waals surface area contributed by atoms with Crippen molar-refractivity contribution in [2.75, 3.05) is 13.0 Å². The van der Waals surface area contributed by atoms with Crippen molar-refractivity contribution >= 4 is 35.0 Å². The number of hydrogen-bond donors (Lipinski definition) is 0. The van der Waals surface area contributed by atoms with Crippen molar-refractivity contribution < 1.29 is 23.5 Å². The highest BCUT2D eigenvalue weighted by Gasteiger charge is 2.11. The molecule has 2 aromatic carbocycles. The third-order valence-corrected chi connectivity index (χ3v) is 5.71. The molecule has 0 amide bonds. The van der Waals surface area contributed by atoms with Gasteiger partial charge >= 0.3 is 11.9 Å². The van der Waals surface area contributed by atoms with E-state index >= 15 is 0 Å². The summed E-state index contributed by atoms with van der Waals surface area (Å²) in [5, 5.41) is 1.89. The molecule has 0 saturated heterocycles. The van der Waals surface area contributed by atoms with Gasteiger partial charge in [-0.1, -0.05) is 36.0 Å². The number of thioether (sulfide) groups is 1. The summed E-state index contributed by atoms with van der Waals surface area (Å²) >= 11 is 2.45. The van der Waals surface area contributed by atoms with Gasteiger partial charge in [0.15, 0.2) is 0 Å². The molecule has 0 fully saturated rings. The SMILES string of the molecule is COC(=O)c1cc(-c2cccc(-c3ccc(SCOC(C)=O)c(F)c3)c2)cs1. The van der Waals surface area contributed by atoms with Crippen molar-refractivity contribution in [3.63, 3.8) is 0 Å². The van der Waals surface area contributed by atoms with Gasteiger partial charge in [-0.2, -0.15) is 0 Å². The summed E-state index contributed by atoms with van der Waals surface area (Å²) < 4.78 is 24.0. The minimum Gasteiger partial charge on any atom is -0.465 e. The molecule has 1 aromatic heterocycles. The van der Waals surface area contributed by atoms with Crippen LogP contribution < -0.4 is 0 Å². The molecule has 7 heteroatoms. The van der Waals surface area contributed by atoms with Gasteiger partial charge < -0.3 is 9.47 Å². The number of rotatable bonds is 6. The van der Waals surface area contributed by atoms with Crippen molar-refractivity contribution in [2.45, 2.75) is 11.8 Å². The fraction of sp³-hybridized carbons (Fsp3) is 0.143. The third-order valence-electron chi connectivity index (χ3n) is 3.92. The molecule has 0 saturated carbocycles. The van der Waals surface area contributed by atoms with Crippen LogP contribution in [0.1, 0.15) is 16.6 Å². The number of methoxy groups -OCH3 is 1. The minimum absolute atomic E-state index is 0.0712. The monoisotopic (exact) mass is 416 g/mol. The fourth-order valence-electron chi connectivity index (χ4n) is 2.55. The smallest absolute Gasteiger partial charge is 0.348 e. The maximum absolute atomic E-state index is 14.4. The van der Waals surface area contributed by atoms with Crippen LogP contribution in [0, 0.1) is 5.82 Å². The van der Waals surface area contributed by atoms with E-state index in [1.54, 1.807) is 12.1 Å². The maximum atomic E-state index is 14.4. The number of thiophene rings is 1. The lowest BCUT2D eigenvalue weighted by molar-refractivity contribution is -0.138. The number of ether oxygens (including phenoxy) is 2. The van der Waals surface area contributed by atoms with Crippen LogP contribution in [0.2, 0.25) is 0 Å². The number of esters is 2. The third kappa shape index (κ3) is 4.79. The second-order valence-electron chi connectivity index (χ2n) is 5.82. The number of halogens is 1. The van der Waals surface area contributed by atoms with Crippen LogP contribution in [-0.2, 0) is 14.3 Å². The maximum Gasteiger partial charge on any atom is 0.348 e. The van der Waals surface area contributed by atoms with Gasteiger partial charge in [0.2, 0.25) is 0 Å². The molecule has 3 aromatic rings. The van der Waals surface area contributed by atoms with E-state index in [9.17, 15) is 14.0 Å². The molecule has 0 atom stereocenters. The van der Waals surface area contributed by atoms with Gasteiger partial charge in [-0.3, -0.25) is 4.79 Å². The average Bonchev–Trinajstić information content (AvgIpc) is 3.19. The van der Waals surface area contributed by atoms with Crippen LogP contribution in [0.15, 0.2) is 58.8 Å². The Hall–Kier alpha value is -2.64. The van der Waals surface area contributed by atoms with Gasteiger partial charge in [0.1, 0.15) is 16.6 Å². The fourth-order valence-corrected chi connectivity index (χ4v) is 4.09. The molecule has 0 aliphatic rings. The molecule has 0 aliphatic carbocycles. The van der Waals surface area contributed by atoms with E-state index in [1.165, 1.54) is 31.4 Å². The summed E-state index contributed by atoms with van der Waals surface area (Å²) in [7, 11) is 1.35. The van der Waals surface area contributed by atoms with Gasteiger partial charge in [-0.05, 0) is 51.9 Å². The van der Waals surface area contributed by atoms with Crippen LogP contribution in [0.4, 0.5) is 4.39 Å². The Bertz CT molecular complexity index is 1010. The first kappa shape index (κ1) is 20.1. The van der Waals surface area contributed by atoms with E-state index in [2.05, 4.69) is 0 Å². The van der Waals surface area contributed by atoms with Gasteiger partial charge in [0.25, 0.3) is 0 Å². The first-order valence-electron chi connectivity index (χ1n) is 8.31. The Labute approximate surface area is 170 Å². The predicted octanol–water partition coefficient (Wildman–Crippen LogP) is 5.62. The van der Waals surface area contributed by atoms with Gasteiger partial charge in [-0.25, -0.2) is 9.18 Å². The molecule has 0 aliphatic heterocycles. The van der Waals surface area contributed by atoms with E-state index < -0.39 is 5.97 Å². The van der Waals surface area contributed by atoms with Crippen LogP contribution in [-0.4, -0.2) is 25.0 Å². The summed E-state index contributed by atoms with van der Waals surface area (Å²) in [6.07, 6.45) is 0. The summed E-state index contributed by atoms with van der Waals surface area (Å²) in [5.41, 5.74) is 3.43. The Morgan fingerprint density at radius 2 is 1.75 bits per heavy atom. The minimum atomic E-state index is -0.398. The first-order valence-corrected chi connectivity index (χ1v) is 10.2. The van der Waals surface area contributed by atoms with Crippen molar-refractivity contribution in [1.82, 2.24) is 0 Å². The molecule has 4 nitrogen and oxygen atoms in total. The van der Waals surface area contributed by atoms with Crippen LogP contribution in [0.3, 0.4) is 0 Å². The number of carbonyl (C=O) groups is 2. The van der Waals surface area contributed by atoms with E-state index in [0.717, 1.165) is 34.0 Å². The lowest BCUT2D eigenvalue weighted by Gasteiger charge is -2.08. The molecule has 0 spiro atoms. The molecular formula is C21H17FO4S2. The van der Waals surface area contributed by atoms with Crippen LogP contribution in [0.5, 0.6) is 0 Å². The standard InChI is InChI=1S/C21H17FO4S2/c1-13(23)26-12-28-19-7-6-16(9-18(19)22)14-4-3-5-15(8-14)17-10-20(27-11-17)21(24)25-2/h3-11H,12H2,1-2H3. The van der Waals surface area contributed by atoms with Crippen LogP contribution in [0.25, 0.3) is 22.3 Å². The number of benzene rings is 2. The Kier molecular flexibility index (Phi) is 6.49. The second-order valence-corrected chi connectivity index (χ2v) is 7.69. The molecule has 3 rings (SSSR count). The summed E-state index contributed by atoms with van der Waals surface area (Å²) in [4.78, 5) is 23.4. The molecule has 0 bridgehead atoms. The Morgan fingerprint density at radius 1 is 1.04 bits per heavy atom. The summed E-state index contributed by atoms with van der Waals surface area (Å²) in [6, 6.07) is 14.4. The van der Waals surface area contributed by atoms with E-state index in [0.29, 0.717) is 9.77 Å². The second kappa shape index (κ2) is 9.03. The topological polar surface area (TPSA) is 52.6 Å². The normalized spacial score (nSPS) is 10.5. The van der Waals surface area contributed by atoms with Crippen LogP contribution >= 0.6 is 23.1 Å². The van der Waals surface area contributed by atoms with Crippen molar-refractivity contribution in [3.05, 3.63) is 64.6 Å². The summed E-state index contributed by atoms with van der Waals surface area (Å²) in [6.45, 7) is 1.31. The number of carbonyl (C=O) groups excluding carboxylic acids is 2. The number of hydrogen-bond acceptors (Lipinski definition) is 6. The lowest BCUT2D eigenvalue weighted by atomic mass is 10.0. The van der Waals surface area contributed by atoms with E-state index in [1.807, 2.05) is 35.7 Å². The molecule has 28 heavy (non-hydrogen) atoms. The van der Waals surface area contributed by atoms with Gasteiger partial charge in [0.05, 0.1) is 7.11 Å². The molecule has 144 valence electrons. The Morgan fingerprint density at radius 3 is 2.43 bits per heavy atom. The lowest BCUT2D eigenvalue weighted by Crippen LogP contribution is -1.97. The average molecular weight is 416 g/mol. The largest absolute Gasteiger partial charge is 0.465 e. The summed E-state index contributed by atoms with van der Waals surface area (Å²) in [5.74, 6) is -1.06. The molecule has 0 radical (unpaired) electrons. The zero-order valence-corrected chi connectivity index (χ0v) is 16.9. The highest BCUT2D eigenvalue weighted by atomic mass is 32.2. The predicted molar refractivity (Wildman–Crippen MR) is 109 cm³/mol. The zero-order chi connectivity index (χ0) is 20.1. The molecule has 1 heterocycles. The van der Waals surface area contributed by atoms with Gasteiger partial charge in [0, 0.05) is 11.8 Å². The van der Waals surface area contributed by atoms with E-state index in [-0.39, 0.29) is 17.7 Å². The molecule has 0 unspecified atom stereocenters. The highest BCUT2D eigenvalue weighted by Crippen LogP contribution is 2.32. The van der Waals surface area contributed by atoms with Crippen molar-refractivity contribution in [1.29, 1.82) is 0 Å². The zero-order valence-electron chi connectivity index (χ0n) is 15.2. The van der Waals surface area contributed by atoms with E-state index in [4.69, 9.17) is 9.47 Å². The Balaban J connectivity index is 1.82. The van der Waals surface area contributed by atoms with Crippen molar-refractivity contribution in [3.8, 4) is 22.3 Å². The van der Waals surface area contributed by atoms with Gasteiger partial charge in [-0.15, -0.1) is 11.3 Å². The van der Waals surface area contributed by atoms with Crippen molar-refractivity contribution in [2.24, 2.45) is 0 Å². The molecule has 0 N–H and O–H groups in total. The highest BCUT2D eigenvalue weighted by molar-refractivity contribution is 7.99. The quantitative estimate of drug-likeness (QED) is 0.297. The molecular weight excluding hydrogens is 399 g/mol.